The summed E-state index contributed by atoms with van der Waals surface area (Å²) in [5.74, 6) is 0. The number of sulfonamides is 1. The van der Waals surface area contributed by atoms with Gasteiger partial charge >= 0.3 is 15.3 Å². The van der Waals surface area contributed by atoms with Gasteiger partial charge in [-0.15, -0.1) is 0 Å². The molecule has 2 aromatic rings. The maximum atomic E-state index is 12.1. The Morgan fingerprint density at radius 2 is 1.96 bits per heavy atom. The molecule has 1 heterocycles. The monoisotopic (exact) mass is 362 g/mol. The minimum atomic E-state index is -4.20. The van der Waals surface area contributed by atoms with E-state index in [1.807, 2.05) is 31.2 Å². The fourth-order valence-electron chi connectivity index (χ4n) is 2.15. The molecule has 0 spiro atoms. The molecule has 134 valence electrons. The smallest absolute Gasteiger partial charge is 0.357 e. The number of aryl methyl sites for hydroxylation is 1. The summed E-state index contributed by atoms with van der Waals surface area (Å²) in [7, 11) is -4.20. The van der Waals surface area contributed by atoms with Crippen LogP contribution in [0.4, 0.5) is 16.2 Å². The van der Waals surface area contributed by atoms with Gasteiger partial charge in [0, 0.05) is 18.8 Å². The maximum absolute atomic E-state index is 12.1. The number of nitrogens with one attached hydrogen (secondary N) is 3. The summed E-state index contributed by atoms with van der Waals surface area (Å²) < 4.78 is 26.5. The fraction of sp³-hybridized carbons (Fsp3) is 0.294. The summed E-state index contributed by atoms with van der Waals surface area (Å²) in [6.07, 6.45) is 2.91. The Labute approximate surface area is 147 Å². The largest absolute Gasteiger partial charge is 0.379 e. The van der Waals surface area contributed by atoms with Crippen LogP contribution in [0.15, 0.2) is 42.7 Å². The molecule has 0 saturated carbocycles. The highest BCUT2D eigenvalue weighted by molar-refractivity contribution is 8.07. The number of benzene rings is 1. The van der Waals surface area contributed by atoms with Crippen LogP contribution >= 0.6 is 0 Å². The Morgan fingerprint density at radius 3 is 2.64 bits per heavy atom. The molecule has 0 radical (unpaired) electrons. The van der Waals surface area contributed by atoms with E-state index in [4.69, 9.17) is 0 Å². The van der Waals surface area contributed by atoms with E-state index in [9.17, 15) is 13.2 Å². The summed E-state index contributed by atoms with van der Waals surface area (Å²) in [6.45, 7) is 5.89. The molecule has 1 aromatic carbocycles. The van der Waals surface area contributed by atoms with E-state index in [1.165, 1.54) is 6.20 Å². The average Bonchev–Trinajstić information content (AvgIpc) is 2.53. The number of nitrogens with zero attached hydrogens (tertiary/aromatic N) is 1. The van der Waals surface area contributed by atoms with Gasteiger partial charge in [0.05, 0.1) is 17.6 Å². The Hall–Kier alpha value is -2.61. The number of aromatic nitrogens is 1. The van der Waals surface area contributed by atoms with E-state index in [2.05, 4.69) is 20.3 Å². The van der Waals surface area contributed by atoms with E-state index in [0.29, 0.717) is 12.2 Å². The minimum Gasteiger partial charge on any atom is -0.379 e. The van der Waals surface area contributed by atoms with Crippen molar-refractivity contribution in [3.8, 4) is 0 Å². The number of anilines is 2. The van der Waals surface area contributed by atoms with Crippen LogP contribution < -0.4 is 15.4 Å². The van der Waals surface area contributed by atoms with Crippen molar-refractivity contribution >= 4 is 26.6 Å². The van der Waals surface area contributed by atoms with Gasteiger partial charge in [-0.25, -0.2) is 0 Å². The van der Waals surface area contributed by atoms with Crippen LogP contribution in [0, 0.1) is 6.92 Å². The van der Waals surface area contributed by atoms with Crippen LogP contribution in [-0.4, -0.2) is 24.7 Å². The number of hydrogen-bond donors (Lipinski definition) is 3. The molecule has 25 heavy (non-hydrogen) atoms. The van der Waals surface area contributed by atoms with Crippen molar-refractivity contribution in [1.82, 2.24) is 10.3 Å². The van der Waals surface area contributed by atoms with Gasteiger partial charge in [0.2, 0.25) is 0 Å². The van der Waals surface area contributed by atoms with E-state index in [0.717, 1.165) is 11.1 Å². The fourth-order valence-corrected chi connectivity index (χ4v) is 3.09. The van der Waals surface area contributed by atoms with Crippen LogP contribution in [0.25, 0.3) is 0 Å². The zero-order valence-corrected chi connectivity index (χ0v) is 15.2. The number of carbonyl (C=O) groups is 1. The van der Waals surface area contributed by atoms with E-state index in [1.54, 1.807) is 26.1 Å². The number of carbonyl (C=O) groups excluding carboxylic acids is 1. The molecule has 0 aliphatic carbocycles. The summed E-state index contributed by atoms with van der Waals surface area (Å²) in [4.78, 5) is 15.7. The summed E-state index contributed by atoms with van der Waals surface area (Å²) >= 11 is 0. The van der Waals surface area contributed by atoms with Gasteiger partial charge in [-0.05, 0) is 32.4 Å². The van der Waals surface area contributed by atoms with Crippen LogP contribution in [0.3, 0.4) is 0 Å². The van der Waals surface area contributed by atoms with E-state index < -0.39 is 15.3 Å². The maximum Gasteiger partial charge on any atom is 0.357 e. The molecule has 7 nitrogen and oxygen atoms in total. The van der Waals surface area contributed by atoms with Gasteiger partial charge in [0.15, 0.2) is 0 Å². The van der Waals surface area contributed by atoms with Crippen LogP contribution in [-0.2, 0) is 16.6 Å². The highest BCUT2D eigenvalue weighted by atomic mass is 32.2. The first-order valence-electron chi connectivity index (χ1n) is 7.84. The highest BCUT2D eigenvalue weighted by Crippen LogP contribution is 2.22. The van der Waals surface area contributed by atoms with Gasteiger partial charge in [0.1, 0.15) is 0 Å². The number of rotatable bonds is 6. The predicted molar refractivity (Wildman–Crippen MR) is 99.0 cm³/mol. The van der Waals surface area contributed by atoms with Crippen LogP contribution in [0.5, 0.6) is 0 Å². The molecule has 3 N–H and O–H groups in total. The van der Waals surface area contributed by atoms with Crippen molar-refractivity contribution < 1.29 is 13.2 Å². The lowest BCUT2D eigenvalue weighted by molar-refractivity contribution is 0.256. The van der Waals surface area contributed by atoms with Gasteiger partial charge in [-0.3, -0.25) is 14.5 Å². The number of hydrogen-bond acceptors (Lipinski definition) is 5. The molecule has 0 aliphatic rings. The summed E-state index contributed by atoms with van der Waals surface area (Å²) in [5.41, 5.74) is 2.95. The van der Waals surface area contributed by atoms with Crippen molar-refractivity contribution in [1.29, 1.82) is 0 Å². The van der Waals surface area contributed by atoms with E-state index >= 15 is 0 Å². The van der Waals surface area contributed by atoms with Crippen molar-refractivity contribution in [2.45, 2.75) is 33.4 Å². The lowest BCUT2D eigenvalue weighted by atomic mass is 10.1. The topological polar surface area (TPSA) is 100 Å². The van der Waals surface area contributed by atoms with Gasteiger partial charge < -0.3 is 10.6 Å². The first-order chi connectivity index (χ1) is 11.8. The second-order valence-corrected chi connectivity index (χ2v) is 7.54. The third kappa shape index (κ3) is 5.46. The number of pyridine rings is 1. The zero-order chi connectivity index (χ0) is 18.4. The summed E-state index contributed by atoms with van der Waals surface area (Å²) in [6, 6.07) is 9.34. The van der Waals surface area contributed by atoms with Crippen LogP contribution in [0.1, 0.15) is 25.0 Å². The molecule has 0 fully saturated rings. The molecule has 0 unspecified atom stereocenters. The average molecular weight is 362 g/mol. The Bertz CT molecular complexity index is 850. The Morgan fingerprint density at radius 1 is 1.20 bits per heavy atom. The summed E-state index contributed by atoms with van der Waals surface area (Å²) in [5, 5.41) is 4.44. The Balaban J connectivity index is 2.13. The molecule has 1 aromatic heterocycles. The molecule has 0 saturated heterocycles. The first kappa shape index (κ1) is 18.7. The van der Waals surface area contributed by atoms with Crippen molar-refractivity contribution in [2.75, 3.05) is 10.0 Å². The quantitative estimate of drug-likeness (QED) is 0.734. The molecule has 0 bridgehead atoms. The molecule has 0 aliphatic heterocycles. The molecular formula is C17H22N4O3S. The zero-order valence-electron chi connectivity index (χ0n) is 14.4. The lowest BCUT2D eigenvalue weighted by Gasteiger charge is -2.14. The predicted octanol–water partition coefficient (Wildman–Crippen LogP) is 2.86. The standard InChI is InChI=1S/C17H22N4O3S/c1-12(2)20-17(22)25(23,24)21-16-11-18-8-7-15(16)19-10-14-6-4-5-13(3)9-14/h4-9,11-12,21H,10H2,1-3H3,(H,18,19)(H,20,22). The van der Waals surface area contributed by atoms with Gasteiger partial charge in [0.25, 0.3) is 0 Å². The normalized spacial score (nSPS) is 11.2. The molecular weight excluding hydrogens is 340 g/mol. The molecule has 2 rings (SSSR count). The van der Waals surface area contributed by atoms with Crippen molar-refractivity contribution in [2.24, 2.45) is 0 Å². The van der Waals surface area contributed by atoms with Gasteiger partial charge in [-0.1, -0.05) is 29.8 Å². The first-order valence-corrected chi connectivity index (χ1v) is 9.33. The second-order valence-electron chi connectivity index (χ2n) is 5.96. The molecule has 8 heteroatoms. The van der Waals surface area contributed by atoms with E-state index in [-0.39, 0.29) is 11.7 Å². The number of amides is 1. The van der Waals surface area contributed by atoms with Crippen molar-refractivity contribution in [3.63, 3.8) is 0 Å². The van der Waals surface area contributed by atoms with Gasteiger partial charge in [-0.2, -0.15) is 8.42 Å². The third-order valence-electron chi connectivity index (χ3n) is 3.28. The second kappa shape index (κ2) is 7.98. The SMILES string of the molecule is Cc1cccc(CNc2ccncc2NS(=O)(=O)C(=O)NC(C)C)c1. The minimum absolute atomic E-state index is 0.217. The molecule has 0 atom stereocenters. The van der Waals surface area contributed by atoms with Crippen molar-refractivity contribution in [3.05, 3.63) is 53.9 Å². The molecule has 1 amide bonds. The lowest BCUT2D eigenvalue weighted by Crippen LogP contribution is -2.37. The van der Waals surface area contributed by atoms with Crippen LogP contribution in [0.2, 0.25) is 0 Å². The third-order valence-corrected chi connectivity index (χ3v) is 4.38. The Kier molecular flexibility index (Phi) is 5.97. The highest BCUT2D eigenvalue weighted by Gasteiger charge is 2.23.